The molecule has 3 nitrogen and oxygen atoms in total. The SMILES string of the molecule is O=C1CC(O)CC=C1O. The molecule has 0 heterocycles. The summed E-state index contributed by atoms with van der Waals surface area (Å²) in [6.07, 6.45) is 1.20. The van der Waals surface area contributed by atoms with Crippen molar-refractivity contribution in [2.24, 2.45) is 0 Å². The van der Waals surface area contributed by atoms with Crippen molar-refractivity contribution in [2.45, 2.75) is 18.9 Å². The lowest BCUT2D eigenvalue weighted by Crippen LogP contribution is -2.18. The van der Waals surface area contributed by atoms with Crippen molar-refractivity contribution in [1.82, 2.24) is 0 Å². The largest absolute Gasteiger partial charge is 0.505 e. The van der Waals surface area contributed by atoms with E-state index >= 15 is 0 Å². The molecule has 1 atom stereocenters. The van der Waals surface area contributed by atoms with E-state index in [0.29, 0.717) is 6.42 Å². The van der Waals surface area contributed by atoms with Crippen molar-refractivity contribution in [3.63, 3.8) is 0 Å². The molecule has 0 bridgehead atoms. The minimum atomic E-state index is -0.589. The van der Waals surface area contributed by atoms with E-state index < -0.39 is 6.10 Å². The highest BCUT2D eigenvalue weighted by Crippen LogP contribution is 2.11. The van der Waals surface area contributed by atoms with Crippen LogP contribution in [0.3, 0.4) is 0 Å². The number of rotatable bonds is 0. The maximum absolute atomic E-state index is 10.5. The molecule has 1 rings (SSSR count). The summed E-state index contributed by atoms with van der Waals surface area (Å²) in [6.45, 7) is 0. The first-order valence-electron chi connectivity index (χ1n) is 2.80. The highest BCUT2D eigenvalue weighted by molar-refractivity contribution is 5.94. The predicted molar refractivity (Wildman–Crippen MR) is 31.0 cm³/mol. The van der Waals surface area contributed by atoms with Crippen LogP contribution in [0.1, 0.15) is 12.8 Å². The van der Waals surface area contributed by atoms with Crippen LogP contribution >= 0.6 is 0 Å². The van der Waals surface area contributed by atoms with Gasteiger partial charge in [0.25, 0.3) is 0 Å². The van der Waals surface area contributed by atoms with Gasteiger partial charge in [-0.2, -0.15) is 0 Å². The molecule has 0 saturated carbocycles. The maximum Gasteiger partial charge on any atom is 0.199 e. The average molecular weight is 128 g/mol. The first kappa shape index (κ1) is 6.29. The van der Waals surface area contributed by atoms with Crippen LogP contribution in [0.5, 0.6) is 0 Å². The quantitative estimate of drug-likeness (QED) is 0.488. The van der Waals surface area contributed by atoms with Gasteiger partial charge in [0.05, 0.1) is 6.10 Å². The molecule has 0 fully saturated rings. The van der Waals surface area contributed by atoms with Gasteiger partial charge in [0.2, 0.25) is 0 Å². The van der Waals surface area contributed by atoms with Gasteiger partial charge in [-0.25, -0.2) is 0 Å². The summed E-state index contributed by atoms with van der Waals surface area (Å²) in [5.74, 6) is -0.575. The molecule has 50 valence electrons. The van der Waals surface area contributed by atoms with Crippen LogP contribution in [0, 0.1) is 0 Å². The van der Waals surface area contributed by atoms with Gasteiger partial charge in [0.1, 0.15) is 0 Å². The smallest absolute Gasteiger partial charge is 0.199 e. The molecule has 3 heteroatoms. The lowest BCUT2D eigenvalue weighted by molar-refractivity contribution is -0.120. The number of carbonyl (C=O) groups is 1. The third-order valence-corrected chi connectivity index (χ3v) is 1.29. The number of ketones is 1. The molecule has 0 aromatic carbocycles. The zero-order valence-electron chi connectivity index (χ0n) is 4.87. The van der Waals surface area contributed by atoms with Gasteiger partial charge in [0, 0.05) is 6.42 Å². The van der Waals surface area contributed by atoms with Crippen molar-refractivity contribution in [3.05, 3.63) is 11.8 Å². The van der Waals surface area contributed by atoms with E-state index in [9.17, 15) is 4.79 Å². The second kappa shape index (κ2) is 2.19. The standard InChI is InChI=1S/C6H8O3/c7-4-1-2-5(8)6(9)3-4/h2,4,7-8H,1,3H2. The fourth-order valence-corrected chi connectivity index (χ4v) is 0.763. The van der Waals surface area contributed by atoms with Crippen LogP contribution in [0.2, 0.25) is 0 Å². The van der Waals surface area contributed by atoms with Crippen molar-refractivity contribution in [3.8, 4) is 0 Å². The Morgan fingerprint density at radius 3 is 2.78 bits per heavy atom. The van der Waals surface area contributed by atoms with Crippen LogP contribution in [0.4, 0.5) is 0 Å². The summed E-state index contributed by atoms with van der Waals surface area (Å²) >= 11 is 0. The van der Waals surface area contributed by atoms with Crippen molar-refractivity contribution >= 4 is 5.78 Å². The van der Waals surface area contributed by atoms with Gasteiger partial charge in [-0.1, -0.05) is 0 Å². The lowest BCUT2D eigenvalue weighted by Gasteiger charge is -2.11. The number of carbonyl (C=O) groups excluding carboxylic acids is 1. The van der Waals surface area contributed by atoms with Gasteiger partial charge in [0.15, 0.2) is 11.5 Å². The number of hydrogen-bond donors (Lipinski definition) is 2. The summed E-state index contributed by atoms with van der Waals surface area (Å²) in [5.41, 5.74) is 0. The Hall–Kier alpha value is -0.830. The lowest BCUT2D eigenvalue weighted by atomic mass is 10.0. The first-order chi connectivity index (χ1) is 4.20. The molecule has 0 saturated heterocycles. The van der Waals surface area contributed by atoms with Gasteiger partial charge < -0.3 is 10.2 Å². The molecule has 2 N–H and O–H groups in total. The van der Waals surface area contributed by atoms with E-state index in [4.69, 9.17) is 10.2 Å². The van der Waals surface area contributed by atoms with Crippen LogP contribution in [-0.4, -0.2) is 22.1 Å². The highest BCUT2D eigenvalue weighted by atomic mass is 16.3. The molecule has 0 amide bonds. The molecule has 1 aliphatic rings. The molecule has 9 heavy (non-hydrogen) atoms. The van der Waals surface area contributed by atoms with Gasteiger partial charge in [-0.05, 0) is 12.5 Å². The van der Waals surface area contributed by atoms with Gasteiger partial charge in [-0.15, -0.1) is 0 Å². The van der Waals surface area contributed by atoms with Crippen molar-refractivity contribution in [1.29, 1.82) is 0 Å². The Morgan fingerprint density at radius 1 is 1.67 bits per heavy atom. The zero-order chi connectivity index (χ0) is 6.85. The Balaban J connectivity index is 2.68. The summed E-state index contributed by atoms with van der Waals surface area (Å²) in [4.78, 5) is 10.5. The van der Waals surface area contributed by atoms with Gasteiger partial charge in [-0.3, -0.25) is 4.79 Å². The second-order valence-electron chi connectivity index (χ2n) is 2.11. The topological polar surface area (TPSA) is 57.5 Å². The number of aliphatic hydroxyl groups is 2. The molecule has 0 aliphatic heterocycles. The fourth-order valence-electron chi connectivity index (χ4n) is 0.763. The average Bonchev–Trinajstić information content (AvgIpc) is 1.80. The molecule has 0 aromatic heterocycles. The Kier molecular flexibility index (Phi) is 1.53. The Labute approximate surface area is 52.6 Å². The van der Waals surface area contributed by atoms with Crippen LogP contribution in [-0.2, 0) is 4.79 Å². The third-order valence-electron chi connectivity index (χ3n) is 1.29. The molecule has 1 unspecified atom stereocenters. The first-order valence-corrected chi connectivity index (χ1v) is 2.80. The number of hydrogen-bond acceptors (Lipinski definition) is 3. The van der Waals surface area contributed by atoms with E-state index in [1.807, 2.05) is 0 Å². The number of allylic oxidation sites excluding steroid dienone is 1. The van der Waals surface area contributed by atoms with E-state index in [0.717, 1.165) is 0 Å². The Morgan fingerprint density at radius 2 is 2.33 bits per heavy atom. The van der Waals surface area contributed by atoms with E-state index in [-0.39, 0.29) is 18.0 Å². The monoisotopic (exact) mass is 128 g/mol. The highest BCUT2D eigenvalue weighted by Gasteiger charge is 2.18. The van der Waals surface area contributed by atoms with Gasteiger partial charge >= 0.3 is 0 Å². The summed E-state index contributed by atoms with van der Waals surface area (Å²) < 4.78 is 0. The second-order valence-corrected chi connectivity index (χ2v) is 2.11. The van der Waals surface area contributed by atoms with Crippen molar-refractivity contribution in [2.75, 3.05) is 0 Å². The minimum absolute atomic E-state index is 0.0579. The van der Waals surface area contributed by atoms with Crippen LogP contribution < -0.4 is 0 Å². The molecule has 0 radical (unpaired) electrons. The predicted octanol–water partition coefficient (Wildman–Crippen LogP) is 0.152. The molecular formula is C6H8O3. The maximum atomic E-state index is 10.5. The summed E-state index contributed by atoms with van der Waals surface area (Å²) in [6, 6.07) is 0. The Bertz CT molecular complexity index is 160. The van der Waals surface area contributed by atoms with Crippen LogP contribution in [0.15, 0.2) is 11.8 Å². The molecule has 0 aromatic rings. The van der Waals surface area contributed by atoms with Crippen LogP contribution in [0.25, 0.3) is 0 Å². The fraction of sp³-hybridized carbons (Fsp3) is 0.500. The summed E-state index contributed by atoms with van der Waals surface area (Å²) in [7, 11) is 0. The summed E-state index contributed by atoms with van der Waals surface area (Å²) in [5, 5.41) is 17.5. The third kappa shape index (κ3) is 1.29. The van der Waals surface area contributed by atoms with E-state index in [1.165, 1.54) is 6.08 Å². The molecule has 0 spiro atoms. The number of Topliss-reactive ketones (excluding diaryl/α,β-unsaturated/α-hetero) is 1. The van der Waals surface area contributed by atoms with E-state index in [1.54, 1.807) is 0 Å². The molecular weight excluding hydrogens is 120 g/mol. The van der Waals surface area contributed by atoms with E-state index in [2.05, 4.69) is 0 Å². The molecule has 1 aliphatic carbocycles. The number of aliphatic hydroxyl groups excluding tert-OH is 2. The minimum Gasteiger partial charge on any atom is -0.505 e. The normalized spacial score (nSPS) is 27.9. The van der Waals surface area contributed by atoms with Crippen molar-refractivity contribution < 1.29 is 15.0 Å². The zero-order valence-corrected chi connectivity index (χ0v) is 4.87.